The van der Waals surface area contributed by atoms with E-state index in [2.05, 4.69) is 15.8 Å². The molecule has 2 amide bonds. The van der Waals surface area contributed by atoms with Crippen LogP contribution in [-0.4, -0.2) is 30.9 Å². The lowest BCUT2D eigenvalue weighted by molar-refractivity contribution is 0.0830. The third-order valence-electron chi connectivity index (χ3n) is 2.50. The molecule has 0 saturated heterocycles. The normalized spacial score (nSPS) is 9.90. The SMILES string of the molecule is CN(C)c1ccc(C(=O)NNC(=O)c2ccco2)cn1. The molecule has 2 heterocycles. The van der Waals surface area contributed by atoms with Crippen molar-refractivity contribution in [3.05, 3.63) is 48.0 Å². The Balaban J connectivity index is 1.93. The molecule has 0 spiro atoms. The first-order valence-electron chi connectivity index (χ1n) is 5.85. The van der Waals surface area contributed by atoms with Crippen LogP contribution in [0.25, 0.3) is 0 Å². The van der Waals surface area contributed by atoms with Crippen LogP contribution in [0.2, 0.25) is 0 Å². The van der Waals surface area contributed by atoms with E-state index in [0.717, 1.165) is 5.82 Å². The molecule has 7 nitrogen and oxygen atoms in total. The van der Waals surface area contributed by atoms with Gasteiger partial charge in [-0.3, -0.25) is 20.4 Å². The Labute approximate surface area is 115 Å². The van der Waals surface area contributed by atoms with Gasteiger partial charge in [-0.15, -0.1) is 0 Å². The van der Waals surface area contributed by atoms with Gasteiger partial charge < -0.3 is 9.32 Å². The maximum absolute atomic E-state index is 11.8. The molecule has 104 valence electrons. The van der Waals surface area contributed by atoms with Gasteiger partial charge in [0.1, 0.15) is 5.82 Å². The summed E-state index contributed by atoms with van der Waals surface area (Å²) in [7, 11) is 3.71. The van der Waals surface area contributed by atoms with Crippen molar-refractivity contribution in [2.24, 2.45) is 0 Å². The highest BCUT2D eigenvalue weighted by Gasteiger charge is 2.11. The predicted octanol–water partition coefficient (Wildman–Crippen LogP) is 0.815. The molecule has 0 aromatic carbocycles. The maximum atomic E-state index is 11.8. The van der Waals surface area contributed by atoms with E-state index in [1.165, 1.54) is 18.5 Å². The van der Waals surface area contributed by atoms with Gasteiger partial charge in [-0.2, -0.15) is 0 Å². The third kappa shape index (κ3) is 3.14. The van der Waals surface area contributed by atoms with Crippen LogP contribution in [0.4, 0.5) is 5.82 Å². The van der Waals surface area contributed by atoms with E-state index >= 15 is 0 Å². The first-order valence-corrected chi connectivity index (χ1v) is 5.85. The number of aromatic nitrogens is 1. The Kier molecular flexibility index (Phi) is 3.99. The van der Waals surface area contributed by atoms with Gasteiger partial charge in [0.25, 0.3) is 5.91 Å². The molecule has 0 aliphatic rings. The molecule has 2 aromatic rings. The number of hydrazine groups is 1. The van der Waals surface area contributed by atoms with Crippen molar-refractivity contribution in [2.75, 3.05) is 19.0 Å². The number of nitrogens with one attached hydrogen (secondary N) is 2. The number of carbonyl (C=O) groups excluding carboxylic acids is 2. The lowest BCUT2D eigenvalue weighted by Crippen LogP contribution is -2.41. The van der Waals surface area contributed by atoms with Crippen molar-refractivity contribution >= 4 is 17.6 Å². The van der Waals surface area contributed by atoms with Gasteiger partial charge in [-0.05, 0) is 24.3 Å². The summed E-state index contributed by atoms with van der Waals surface area (Å²) in [6.07, 6.45) is 2.81. The largest absolute Gasteiger partial charge is 0.459 e. The summed E-state index contributed by atoms with van der Waals surface area (Å²) >= 11 is 0. The zero-order chi connectivity index (χ0) is 14.5. The highest BCUT2D eigenvalue weighted by Crippen LogP contribution is 2.07. The standard InChI is InChI=1S/C13H14N4O3/c1-17(2)11-6-5-9(8-14-11)12(18)15-16-13(19)10-4-3-7-20-10/h3-8H,1-2H3,(H,15,18)(H,16,19). The molecule has 0 fully saturated rings. The van der Waals surface area contributed by atoms with Gasteiger partial charge in [0.2, 0.25) is 0 Å². The molecule has 20 heavy (non-hydrogen) atoms. The van der Waals surface area contributed by atoms with Gasteiger partial charge in [0, 0.05) is 20.3 Å². The van der Waals surface area contributed by atoms with Crippen LogP contribution in [0.15, 0.2) is 41.1 Å². The minimum Gasteiger partial charge on any atom is -0.459 e. The lowest BCUT2D eigenvalue weighted by atomic mass is 10.2. The van der Waals surface area contributed by atoms with Crippen molar-refractivity contribution < 1.29 is 14.0 Å². The molecule has 0 saturated carbocycles. The fourth-order valence-electron chi connectivity index (χ4n) is 1.44. The first kappa shape index (κ1) is 13.6. The smallest absolute Gasteiger partial charge is 0.305 e. The Bertz CT molecular complexity index is 591. The topological polar surface area (TPSA) is 87.5 Å². The van der Waals surface area contributed by atoms with E-state index in [0.29, 0.717) is 5.56 Å². The first-order chi connectivity index (χ1) is 9.58. The quantitative estimate of drug-likeness (QED) is 0.809. The Hall–Kier alpha value is -2.83. The van der Waals surface area contributed by atoms with Gasteiger partial charge in [-0.25, -0.2) is 4.98 Å². The average molecular weight is 274 g/mol. The van der Waals surface area contributed by atoms with Crippen molar-refractivity contribution in [3.8, 4) is 0 Å². The predicted molar refractivity (Wildman–Crippen MR) is 72.2 cm³/mol. The Morgan fingerprint density at radius 1 is 1.15 bits per heavy atom. The number of anilines is 1. The zero-order valence-electron chi connectivity index (χ0n) is 11.1. The van der Waals surface area contributed by atoms with E-state index in [4.69, 9.17) is 4.42 Å². The number of nitrogens with zero attached hydrogens (tertiary/aromatic N) is 2. The molecule has 0 unspecified atom stereocenters. The van der Waals surface area contributed by atoms with Crippen molar-refractivity contribution in [1.82, 2.24) is 15.8 Å². The van der Waals surface area contributed by atoms with Gasteiger partial charge in [-0.1, -0.05) is 0 Å². The Morgan fingerprint density at radius 3 is 2.45 bits per heavy atom. The van der Waals surface area contributed by atoms with E-state index in [-0.39, 0.29) is 5.76 Å². The summed E-state index contributed by atoms with van der Waals surface area (Å²) in [5.41, 5.74) is 4.88. The van der Waals surface area contributed by atoms with Crippen LogP contribution in [0.1, 0.15) is 20.9 Å². The fraction of sp³-hybridized carbons (Fsp3) is 0.154. The van der Waals surface area contributed by atoms with Gasteiger partial charge >= 0.3 is 5.91 Å². The van der Waals surface area contributed by atoms with Gasteiger partial charge in [0.05, 0.1) is 11.8 Å². The summed E-state index contributed by atoms with van der Waals surface area (Å²) in [6, 6.07) is 6.41. The molecule has 0 aliphatic carbocycles. The molecular weight excluding hydrogens is 260 g/mol. The maximum Gasteiger partial charge on any atom is 0.305 e. The van der Waals surface area contributed by atoms with E-state index in [1.807, 2.05) is 19.0 Å². The number of hydrogen-bond acceptors (Lipinski definition) is 5. The monoisotopic (exact) mass is 274 g/mol. The second kappa shape index (κ2) is 5.87. The highest BCUT2D eigenvalue weighted by atomic mass is 16.3. The molecule has 2 N–H and O–H groups in total. The van der Waals surface area contributed by atoms with Crippen LogP contribution in [0.3, 0.4) is 0 Å². The second-order valence-corrected chi connectivity index (χ2v) is 4.19. The minimum atomic E-state index is -0.527. The van der Waals surface area contributed by atoms with Crippen LogP contribution in [0.5, 0.6) is 0 Å². The molecule has 0 aliphatic heterocycles. The lowest BCUT2D eigenvalue weighted by Gasteiger charge is -2.11. The Morgan fingerprint density at radius 2 is 1.90 bits per heavy atom. The molecule has 7 heteroatoms. The van der Waals surface area contributed by atoms with Crippen LogP contribution >= 0.6 is 0 Å². The second-order valence-electron chi connectivity index (χ2n) is 4.19. The number of amides is 2. The van der Waals surface area contributed by atoms with Crippen molar-refractivity contribution in [3.63, 3.8) is 0 Å². The number of hydrogen-bond donors (Lipinski definition) is 2. The number of carbonyl (C=O) groups is 2. The molecule has 0 atom stereocenters. The van der Waals surface area contributed by atoms with E-state index < -0.39 is 11.8 Å². The zero-order valence-corrected chi connectivity index (χ0v) is 11.1. The van der Waals surface area contributed by atoms with Crippen LogP contribution in [0, 0.1) is 0 Å². The highest BCUT2D eigenvalue weighted by molar-refractivity contribution is 5.97. The van der Waals surface area contributed by atoms with Crippen molar-refractivity contribution in [2.45, 2.75) is 0 Å². The van der Waals surface area contributed by atoms with E-state index in [9.17, 15) is 9.59 Å². The molecule has 2 rings (SSSR count). The van der Waals surface area contributed by atoms with Crippen LogP contribution in [-0.2, 0) is 0 Å². The number of furan rings is 1. The van der Waals surface area contributed by atoms with Crippen molar-refractivity contribution in [1.29, 1.82) is 0 Å². The summed E-state index contributed by atoms with van der Waals surface area (Å²) < 4.78 is 4.89. The molecule has 0 radical (unpaired) electrons. The van der Waals surface area contributed by atoms with Gasteiger partial charge in [0.15, 0.2) is 5.76 Å². The summed E-state index contributed by atoms with van der Waals surface area (Å²) in [4.78, 5) is 29.3. The third-order valence-corrected chi connectivity index (χ3v) is 2.50. The summed E-state index contributed by atoms with van der Waals surface area (Å²) in [5.74, 6) is -0.128. The average Bonchev–Trinajstić information content (AvgIpc) is 2.98. The number of rotatable bonds is 3. The molecule has 0 bridgehead atoms. The minimum absolute atomic E-state index is 0.117. The molecular formula is C13H14N4O3. The molecule has 2 aromatic heterocycles. The van der Waals surface area contributed by atoms with Crippen LogP contribution < -0.4 is 15.8 Å². The number of pyridine rings is 1. The summed E-state index contributed by atoms with van der Waals surface area (Å²) in [6.45, 7) is 0. The van der Waals surface area contributed by atoms with E-state index in [1.54, 1.807) is 18.2 Å². The summed E-state index contributed by atoms with van der Waals surface area (Å²) in [5, 5.41) is 0. The fourth-order valence-corrected chi connectivity index (χ4v) is 1.44.